The molecule has 2 saturated heterocycles. The molecule has 4 heterocycles. The molecule has 3 atom stereocenters. The van der Waals surface area contributed by atoms with Gasteiger partial charge in [-0.15, -0.1) is 0 Å². The standard InChI is InChI=1S/C51H56F2N4O6.2H2/c1-27-19-39-37-5-3-4-6-42(37)54-46(39)47(57(27)26-43(52)53)32-12-11-31(22-36(23-32)63-2)28-7-9-30(10-8-28)51(62)56-17-15-29(16-18-56)33-20-34-24-40-41(25-35(34)21-33)49(60)45(48(40)59)38-13-14-44(58)55-50(38)61;;/h3-6,11-12,22,24-25,27-30,33,38,43,45,47,54H,7-10,13-21,23,26H2,1-2H3,(H,55,58,61);2*1H/t27-,28?,30?,33?,38?,45?,47-;;/m1../s1. The first-order valence-electron chi connectivity index (χ1n) is 23.1. The molecular formula is C51H60F2N4O6. The van der Waals surface area contributed by atoms with Crippen LogP contribution in [0.3, 0.4) is 0 Å². The minimum Gasteiger partial charge on any atom is -0.501 e. The molecule has 2 N–H and O–H groups in total. The average Bonchev–Trinajstić information content (AvgIpc) is 3.88. The van der Waals surface area contributed by atoms with Gasteiger partial charge in [-0.05, 0) is 141 Å². The van der Waals surface area contributed by atoms with Gasteiger partial charge in [0.15, 0.2) is 11.6 Å². The van der Waals surface area contributed by atoms with Gasteiger partial charge >= 0.3 is 0 Å². The van der Waals surface area contributed by atoms with Crippen LogP contribution in [0.15, 0.2) is 71.5 Å². The Morgan fingerprint density at radius 1 is 0.889 bits per heavy atom. The predicted octanol–water partition coefficient (Wildman–Crippen LogP) is 8.51. The zero-order chi connectivity index (χ0) is 43.7. The van der Waals surface area contributed by atoms with Crippen molar-refractivity contribution in [2.45, 2.75) is 102 Å². The van der Waals surface area contributed by atoms with Gasteiger partial charge in [0.2, 0.25) is 17.7 Å². The largest absolute Gasteiger partial charge is 0.501 e. The minimum absolute atomic E-state index is 0. The SMILES string of the molecule is COC1=CC(C2CCC(C(=O)N3CCC(C4Cc5cc6c(cc5C4)C(=O)C(C4CCC(=O)NC4=O)C6=O)CC3)CC2)=CC=C([C@@H]2c3[nH]c4ccccc4c3C[C@@H](C)N2CC(F)F)C1.[HH].[HH]. The molecule has 3 aromatic rings. The van der Waals surface area contributed by atoms with Gasteiger partial charge in [0, 0.05) is 68.5 Å². The second-order valence-electron chi connectivity index (χ2n) is 19.3. The lowest BCUT2D eigenvalue weighted by molar-refractivity contribution is -0.139. The molecule has 3 amide bonds. The number of nitrogens with one attached hydrogen (secondary N) is 2. The lowest BCUT2D eigenvalue weighted by atomic mass is 9.77. The number of rotatable bonds is 8. The normalized spacial score (nSPS) is 27.5. The number of fused-ring (bicyclic) bond motifs is 5. The number of aromatic nitrogens is 1. The first-order valence-corrected chi connectivity index (χ1v) is 23.1. The van der Waals surface area contributed by atoms with E-state index in [0.29, 0.717) is 35.8 Å². The number of carbonyl (C=O) groups is 5. The van der Waals surface area contributed by atoms with Crippen molar-refractivity contribution in [1.29, 1.82) is 0 Å². The number of benzene rings is 2. The van der Waals surface area contributed by atoms with E-state index in [2.05, 4.69) is 45.6 Å². The van der Waals surface area contributed by atoms with Crippen LogP contribution in [0.2, 0.25) is 0 Å². The fraction of sp³-hybridized carbons (Fsp3) is 0.510. The Labute approximate surface area is 369 Å². The summed E-state index contributed by atoms with van der Waals surface area (Å²) >= 11 is 0. The summed E-state index contributed by atoms with van der Waals surface area (Å²) in [5, 5.41) is 3.45. The van der Waals surface area contributed by atoms with E-state index in [9.17, 15) is 32.8 Å². The summed E-state index contributed by atoms with van der Waals surface area (Å²) in [6.45, 7) is 3.20. The van der Waals surface area contributed by atoms with Gasteiger partial charge in [-0.1, -0.05) is 30.4 Å². The van der Waals surface area contributed by atoms with Crippen LogP contribution in [0.25, 0.3) is 10.9 Å². The molecule has 10 rings (SSSR count). The summed E-state index contributed by atoms with van der Waals surface area (Å²) in [5.41, 5.74) is 8.43. The van der Waals surface area contributed by atoms with Gasteiger partial charge < -0.3 is 14.6 Å². The van der Waals surface area contributed by atoms with Crippen molar-refractivity contribution in [3.8, 4) is 0 Å². The Kier molecular flexibility index (Phi) is 11.1. The second kappa shape index (κ2) is 16.7. The Balaban J connectivity index is 0.00000288. The maximum Gasteiger partial charge on any atom is 0.251 e. The van der Waals surface area contributed by atoms with Gasteiger partial charge in [-0.3, -0.25) is 34.2 Å². The molecular weight excluding hydrogens is 803 g/mol. The van der Waals surface area contributed by atoms with Crippen LogP contribution in [-0.2, 0) is 38.4 Å². The van der Waals surface area contributed by atoms with Crippen molar-refractivity contribution in [3.63, 3.8) is 0 Å². The lowest BCUT2D eigenvalue weighted by Gasteiger charge is -2.41. The fourth-order valence-corrected chi connectivity index (χ4v) is 12.5. The first kappa shape index (κ1) is 41.8. The smallest absolute Gasteiger partial charge is 0.251 e. The topological polar surface area (TPSA) is 129 Å². The van der Waals surface area contributed by atoms with Gasteiger partial charge in [0.1, 0.15) is 0 Å². The zero-order valence-electron chi connectivity index (χ0n) is 36.1. The summed E-state index contributed by atoms with van der Waals surface area (Å²) in [5.74, 6) is -1.21. The number of alkyl halides is 2. The number of imide groups is 1. The molecule has 4 aliphatic carbocycles. The third-order valence-electron chi connectivity index (χ3n) is 15.8. The molecule has 0 radical (unpaired) electrons. The van der Waals surface area contributed by atoms with Gasteiger partial charge in [-0.2, -0.15) is 0 Å². The summed E-state index contributed by atoms with van der Waals surface area (Å²) in [6.07, 6.45) is 12.5. The number of H-pyrrole nitrogens is 1. The van der Waals surface area contributed by atoms with Crippen molar-refractivity contribution in [2.24, 2.45) is 35.5 Å². The van der Waals surface area contributed by atoms with E-state index < -0.39 is 24.2 Å². The number of amides is 3. The molecule has 1 aromatic heterocycles. The van der Waals surface area contributed by atoms with Crippen molar-refractivity contribution in [3.05, 3.63) is 105 Å². The van der Waals surface area contributed by atoms with Crippen molar-refractivity contribution < 1.29 is 40.3 Å². The van der Waals surface area contributed by atoms with Gasteiger partial charge in [0.25, 0.3) is 6.43 Å². The molecule has 0 bridgehead atoms. The number of Topliss-reactive ketones (excluding diaryl/α,β-unsaturated/α-hetero) is 2. The van der Waals surface area contributed by atoms with Crippen LogP contribution >= 0.6 is 0 Å². The van der Waals surface area contributed by atoms with Crippen molar-refractivity contribution in [2.75, 3.05) is 26.7 Å². The maximum atomic E-state index is 14.1. The van der Waals surface area contributed by atoms with Crippen LogP contribution in [0.1, 0.15) is 117 Å². The Hall–Kier alpha value is -5.23. The van der Waals surface area contributed by atoms with E-state index in [-0.39, 0.29) is 69.5 Å². The third-order valence-corrected chi connectivity index (χ3v) is 15.8. The molecule has 2 aromatic carbocycles. The average molecular weight is 863 g/mol. The van der Waals surface area contributed by atoms with Crippen LogP contribution in [0, 0.1) is 35.5 Å². The monoisotopic (exact) mass is 862 g/mol. The highest BCUT2D eigenvalue weighted by Crippen LogP contribution is 2.46. The molecule has 1 unspecified atom stereocenters. The zero-order valence-corrected chi connectivity index (χ0v) is 36.1. The number of hydrogen-bond donors (Lipinski definition) is 2. The highest BCUT2D eigenvalue weighted by Gasteiger charge is 2.49. The van der Waals surface area contributed by atoms with E-state index in [4.69, 9.17) is 4.74 Å². The molecule has 12 heteroatoms. The van der Waals surface area contributed by atoms with E-state index >= 15 is 0 Å². The highest BCUT2D eigenvalue weighted by atomic mass is 19.3. The van der Waals surface area contributed by atoms with Gasteiger partial charge in [0.05, 0.1) is 37.3 Å². The van der Waals surface area contributed by atoms with E-state index in [1.54, 1.807) is 7.11 Å². The summed E-state index contributed by atoms with van der Waals surface area (Å²) in [7, 11) is 1.68. The molecule has 63 heavy (non-hydrogen) atoms. The number of hydrogen-bond acceptors (Lipinski definition) is 7. The number of piperidine rings is 2. The van der Waals surface area contributed by atoms with Crippen LogP contribution < -0.4 is 5.32 Å². The number of aromatic amines is 1. The number of halogens is 2. The number of allylic oxidation sites excluding steroid dienone is 5. The summed E-state index contributed by atoms with van der Waals surface area (Å²) < 4.78 is 34.2. The number of ketones is 2. The van der Waals surface area contributed by atoms with Gasteiger partial charge in [-0.25, -0.2) is 8.78 Å². The molecule has 3 aliphatic heterocycles. The van der Waals surface area contributed by atoms with Crippen LogP contribution in [0.5, 0.6) is 0 Å². The number of ether oxygens (including phenoxy) is 1. The number of carbonyl (C=O) groups excluding carboxylic acids is 5. The first-order chi connectivity index (χ1) is 30.4. The number of para-hydroxylation sites is 1. The van der Waals surface area contributed by atoms with Crippen LogP contribution in [-0.4, -0.2) is 83.3 Å². The maximum absolute atomic E-state index is 14.1. The van der Waals surface area contributed by atoms with Crippen LogP contribution in [0.4, 0.5) is 8.78 Å². The van der Waals surface area contributed by atoms with E-state index in [1.807, 2.05) is 36.1 Å². The number of nitrogens with zero attached hydrogens (tertiary/aromatic N) is 2. The molecule has 334 valence electrons. The Bertz CT molecular complexity index is 2450. The number of methoxy groups -OCH3 is 1. The molecule has 1 saturated carbocycles. The van der Waals surface area contributed by atoms with E-state index in [1.165, 1.54) is 11.1 Å². The molecule has 3 fully saturated rings. The van der Waals surface area contributed by atoms with E-state index in [0.717, 1.165) is 104 Å². The predicted molar refractivity (Wildman–Crippen MR) is 237 cm³/mol. The third kappa shape index (κ3) is 7.59. The molecule has 7 aliphatic rings. The second-order valence-corrected chi connectivity index (χ2v) is 19.3. The van der Waals surface area contributed by atoms with Crippen molar-refractivity contribution in [1.82, 2.24) is 20.1 Å². The fourth-order valence-electron chi connectivity index (χ4n) is 12.5. The summed E-state index contributed by atoms with van der Waals surface area (Å²) in [4.78, 5) is 72.9. The minimum atomic E-state index is -2.46. The highest BCUT2D eigenvalue weighted by molar-refractivity contribution is 6.28. The Morgan fingerprint density at radius 3 is 2.25 bits per heavy atom. The Morgan fingerprint density at radius 2 is 1.59 bits per heavy atom. The summed E-state index contributed by atoms with van der Waals surface area (Å²) in [6, 6.07) is 11.6. The quantitative estimate of drug-likeness (QED) is 0.172. The molecule has 0 spiro atoms. The van der Waals surface area contributed by atoms with Crippen molar-refractivity contribution >= 4 is 40.2 Å². The lowest BCUT2D eigenvalue weighted by Crippen LogP contribution is -2.46. The number of likely N-dealkylation sites (tertiary alicyclic amines) is 1. The molecule has 10 nitrogen and oxygen atoms in total.